The van der Waals surface area contributed by atoms with Crippen molar-refractivity contribution >= 4 is 11.4 Å². The van der Waals surface area contributed by atoms with Crippen molar-refractivity contribution in [1.82, 2.24) is 10.2 Å². The minimum atomic E-state index is -3.36. The summed E-state index contributed by atoms with van der Waals surface area (Å²) >= 11 is 0. The summed E-state index contributed by atoms with van der Waals surface area (Å²) in [6, 6.07) is 13.0. The minimum Gasteiger partial charge on any atom is -0.489 e. The lowest BCUT2D eigenvalue weighted by Gasteiger charge is -2.39. The number of aliphatic hydroxyl groups is 1. The van der Waals surface area contributed by atoms with Crippen LogP contribution in [0.4, 0.5) is 11.4 Å². The van der Waals surface area contributed by atoms with E-state index in [1.165, 1.54) is 53.7 Å². The summed E-state index contributed by atoms with van der Waals surface area (Å²) in [7, 11) is 0. The van der Waals surface area contributed by atoms with Gasteiger partial charge in [-0.3, -0.25) is 4.90 Å². The number of nitrogen functional groups attached to an aromatic ring is 2. The van der Waals surface area contributed by atoms with E-state index in [0.717, 1.165) is 12.1 Å². The van der Waals surface area contributed by atoms with Gasteiger partial charge in [0, 0.05) is 42.8 Å². The molecule has 7 heteroatoms. The SMILES string of the molecule is [2H]C(C)(C)Oc1cc(C2(O)C([2H])([2H])C([2H])([2H])N(Cc3ccccc3)C([2H])([2H])C2([2H])[2H])c(C)cc1N.[2H]C(C)(C)Oc1cc(C2([2H])C([2H])([2H])C([2H])([2H])NC([2H])([2H])C2([2H])[2H])c(C)cc1N. The fraction of sp³-hybridized carbons (Fsp3) is 0.514. The van der Waals surface area contributed by atoms with Gasteiger partial charge in [-0.25, -0.2) is 0 Å². The summed E-state index contributed by atoms with van der Waals surface area (Å²) in [4.78, 5) is 0.473. The zero-order valence-corrected chi connectivity index (χ0v) is 25.8. The Morgan fingerprint density at radius 1 is 0.932 bits per heavy atom. The number of anilines is 2. The number of nitrogens with one attached hydrogen (secondary N) is 1. The number of aryl methyl sites for hydroxylation is 2. The Balaban J connectivity index is 0.000000284. The second kappa shape index (κ2) is 15.2. The van der Waals surface area contributed by atoms with Crippen molar-refractivity contribution in [2.75, 3.05) is 37.5 Å². The normalized spacial score (nSPS) is 34.0. The maximum Gasteiger partial charge on any atom is 0.142 e. The molecule has 2 aliphatic rings. The highest BCUT2D eigenvalue weighted by molar-refractivity contribution is 5.58. The highest BCUT2D eigenvalue weighted by Gasteiger charge is 2.35. The van der Waals surface area contributed by atoms with Crippen LogP contribution in [0.25, 0.3) is 0 Å². The van der Waals surface area contributed by atoms with Crippen molar-refractivity contribution in [2.45, 2.75) is 97.2 Å². The van der Waals surface area contributed by atoms with E-state index in [0.29, 0.717) is 10.5 Å². The third-order valence-electron chi connectivity index (χ3n) is 6.43. The lowest BCUT2D eigenvalue weighted by atomic mass is 9.81. The first-order chi connectivity index (χ1) is 27.9. The quantitative estimate of drug-likeness (QED) is 0.208. The van der Waals surface area contributed by atoms with Gasteiger partial charge in [0.05, 0.1) is 31.9 Å². The van der Waals surface area contributed by atoms with Gasteiger partial charge >= 0.3 is 0 Å². The van der Waals surface area contributed by atoms with Gasteiger partial charge < -0.3 is 31.4 Å². The second-order valence-electron chi connectivity index (χ2n) is 10.7. The number of nitrogens with two attached hydrogens (primary N) is 2. The molecule has 0 bridgehead atoms. The number of ether oxygens (including phenoxy) is 2. The summed E-state index contributed by atoms with van der Waals surface area (Å²) in [5.41, 5.74) is 8.66. The van der Waals surface area contributed by atoms with Gasteiger partial charge in [-0.05, 0) is 138 Å². The predicted molar refractivity (Wildman–Crippen MR) is 182 cm³/mol. The van der Waals surface area contributed by atoms with Crippen molar-refractivity contribution in [3.05, 3.63) is 82.4 Å². The van der Waals surface area contributed by atoms with Crippen molar-refractivity contribution < 1.29 is 40.6 Å². The summed E-state index contributed by atoms with van der Waals surface area (Å²) in [5, 5.41) is 13.6. The molecule has 2 aliphatic heterocycles. The molecular formula is C37H54N4O3. The Hall–Kier alpha value is -3.26. The molecule has 0 unspecified atom stereocenters. The fourth-order valence-electron chi connectivity index (χ4n) is 4.42. The lowest BCUT2D eigenvalue weighted by molar-refractivity contribution is -0.0283. The Morgan fingerprint density at radius 3 is 2.05 bits per heavy atom. The molecule has 0 amide bonds. The molecule has 2 saturated heterocycles. The fourth-order valence-corrected chi connectivity index (χ4v) is 4.42. The zero-order chi connectivity index (χ0) is 49.0. The van der Waals surface area contributed by atoms with Crippen LogP contribution >= 0.6 is 0 Å². The van der Waals surface area contributed by atoms with Gasteiger partial charge in [0.25, 0.3) is 0 Å². The monoisotopic (exact) mass is 622 g/mol. The first-order valence-electron chi connectivity index (χ1n) is 23.5. The number of hydrogen-bond acceptors (Lipinski definition) is 7. The number of piperidine rings is 2. The summed E-state index contributed by atoms with van der Waals surface area (Å²) < 4.78 is 170. The average Bonchev–Trinajstić information content (AvgIpc) is 3.10. The average molecular weight is 622 g/mol. The van der Waals surface area contributed by atoms with Crippen LogP contribution in [0.2, 0.25) is 0 Å². The Morgan fingerprint density at radius 2 is 1.48 bits per heavy atom. The first-order valence-corrected chi connectivity index (χ1v) is 14.0. The van der Waals surface area contributed by atoms with Gasteiger partial charge in [-0.15, -0.1) is 0 Å². The molecule has 2 heterocycles. The summed E-state index contributed by atoms with van der Waals surface area (Å²) in [6.07, 6.45) is -16.0. The van der Waals surface area contributed by atoms with Crippen LogP contribution in [-0.4, -0.2) is 48.2 Å². The molecule has 3 aromatic carbocycles. The summed E-state index contributed by atoms with van der Waals surface area (Å²) in [6.45, 7) is -4.38. The largest absolute Gasteiger partial charge is 0.489 e. The third kappa shape index (κ3) is 8.90. The number of benzene rings is 3. The second-order valence-corrected chi connectivity index (χ2v) is 10.7. The molecule has 240 valence electrons. The van der Waals surface area contributed by atoms with Crippen LogP contribution in [0.3, 0.4) is 0 Å². The van der Waals surface area contributed by atoms with E-state index in [2.05, 4.69) is 0 Å². The van der Waals surface area contributed by atoms with Crippen LogP contribution in [0.15, 0.2) is 54.6 Å². The van der Waals surface area contributed by atoms with Gasteiger partial charge in [0.1, 0.15) is 11.5 Å². The predicted octanol–water partition coefficient (Wildman–Crippen LogP) is 6.68. The van der Waals surface area contributed by atoms with E-state index in [1.807, 2.05) is 0 Å². The molecule has 5 rings (SSSR count). The Bertz CT molecular complexity index is 2140. The van der Waals surface area contributed by atoms with E-state index < -0.39 is 87.2 Å². The van der Waals surface area contributed by atoms with Gasteiger partial charge in [-0.1, -0.05) is 30.3 Å². The van der Waals surface area contributed by atoms with E-state index in [4.69, 9.17) is 47.0 Å². The molecule has 0 saturated carbocycles. The van der Waals surface area contributed by atoms with Crippen molar-refractivity contribution in [3.8, 4) is 11.5 Å². The number of hydrogen-bond donors (Lipinski definition) is 4. The highest BCUT2D eigenvalue weighted by atomic mass is 16.5. The maximum absolute atomic E-state index is 11.8. The molecule has 0 aliphatic carbocycles. The van der Waals surface area contributed by atoms with Crippen LogP contribution in [0.5, 0.6) is 11.5 Å². The molecule has 0 spiro atoms. The van der Waals surface area contributed by atoms with Gasteiger partial charge in [0.15, 0.2) is 0 Å². The van der Waals surface area contributed by atoms with E-state index in [1.54, 1.807) is 35.6 Å². The topological polar surface area (TPSA) is 106 Å². The molecule has 0 atom stereocenters. The molecule has 7 nitrogen and oxygen atoms in total. The number of likely N-dealkylation sites (tertiary alicyclic amines) is 1. The summed E-state index contributed by atoms with van der Waals surface area (Å²) in [5.74, 6) is -3.25. The maximum atomic E-state index is 11.8. The third-order valence-corrected chi connectivity index (χ3v) is 6.43. The van der Waals surface area contributed by atoms with Crippen LogP contribution in [-0.2, 0) is 12.1 Å². The van der Waals surface area contributed by atoms with Crippen molar-refractivity contribution in [2.24, 2.45) is 0 Å². The number of rotatable bonds is 8. The molecule has 0 aromatic heterocycles. The van der Waals surface area contributed by atoms with Crippen molar-refractivity contribution in [3.63, 3.8) is 0 Å². The smallest absolute Gasteiger partial charge is 0.142 e. The van der Waals surface area contributed by atoms with E-state index in [-0.39, 0.29) is 39.6 Å². The lowest BCUT2D eigenvalue weighted by Crippen LogP contribution is -2.42. The standard InChI is InChI=1S/C22H30N2O2.C15H24N2O/c1-16(2)26-21-14-19(17(3)13-20(21)23)22(25)9-11-24(12-10-22)15-18-7-5-4-6-8-18;1-10(2)18-15-9-13(11(3)8-14(15)16)12-4-6-17-7-5-12/h4-8,13-14,16,25H,9-12,15,23H2,1-3H3;8-10,12,17H,4-7,16H2,1-3H3/i9D2,10D2,11D2,12D2,16D;4D2,5D2,6D2,7D2,10D,12D. The van der Waals surface area contributed by atoms with Gasteiger partial charge in [0.2, 0.25) is 0 Å². The molecular weight excluding hydrogens is 548 g/mol. The molecule has 44 heavy (non-hydrogen) atoms. The molecule has 3 aromatic rings. The van der Waals surface area contributed by atoms with E-state index in [9.17, 15) is 5.11 Å². The number of nitrogens with zero attached hydrogens (tertiary/aromatic N) is 1. The molecule has 0 radical (unpaired) electrons. The Kier molecular flexibility index (Phi) is 5.63. The van der Waals surface area contributed by atoms with Crippen molar-refractivity contribution in [1.29, 1.82) is 0 Å². The highest BCUT2D eigenvalue weighted by Crippen LogP contribution is 2.39. The van der Waals surface area contributed by atoms with Crippen LogP contribution < -0.4 is 26.3 Å². The van der Waals surface area contributed by atoms with Gasteiger partial charge in [-0.2, -0.15) is 0 Å². The Labute approximate surface area is 291 Å². The zero-order valence-electron chi connectivity index (χ0n) is 44.8. The van der Waals surface area contributed by atoms with Crippen LogP contribution in [0.1, 0.15) is 113 Å². The molecule has 2 fully saturated rings. The minimum absolute atomic E-state index is 0.0452. The molecule has 6 N–H and O–H groups in total. The first kappa shape index (κ1) is 16.3. The van der Waals surface area contributed by atoms with E-state index >= 15 is 0 Å². The van der Waals surface area contributed by atoms with Crippen LogP contribution in [0, 0.1) is 13.8 Å².